The molecular weight excluding hydrogens is 259 g/mol. The molecule has 0 aliphatic heterocycles. The van der Waals surface area contributed by atoms with Crippen molar-refractivity contribution in [3.05, 3.63) is 35.4 Å². The van der Waals surface area contributed by atoms with Crippen LogP contribution < -0.4 is 9.64 Å². The predicted octanol–water partition coefficient (Wildman–Crippen LogP) is 2.44. The van der Waals surface area contributed by atoms with Crippen molar-refractivity contribution in [3.8, 4) is 6.01 Å². The Hall–Kier alpha value is -1.95. The standard InChI is InChI=1S/C11H10ClFN4O/c1-17(8-5-3-4-7(13)6-8)10-14-9(12)15-11(16-10)18-2/h3-6H,1-2H3. The number of ether oxygens (including phenoxy) is 1. The molecule has 0 N–H and O–H groups in total. The van der Waals surface area contributed by atoms with Gasteiger partial charge in [-0.1, -0.05) is 6.07 Å². The summed E-state index contributed by atoms with van der Waals surface area (Å²) in [5, 5.41) is 0.0140. The number of rotatable bonds is 3. The molecule has 0 fully saturated rings. The maximum atomic E-state index is 13.1. The largest absolute Gasteiger partial charge is 0.467 e. The summed E-state index contributed by atoms with van der Waals surface area (Å²) in [6, 6.07) is 6.16. The first-order valence-corrected chi connectivity index (χ1v) is 5.43. The van der Waals surface area contributed by atoms with E-state index < -0.39 is 0 Å². The molecule has 0 aliphatic rings. The van der Waals surface area contributed by atoms with Gasteiger partial charge in [0.25, 0.3) is 0 Å². The molecule has 0 unspecified atom stereocenters. The monoisotopic (exact) mass is 268 g/mol. The quantitative estimate of drug-likeness (QED) is 0.856. The van der Waals surface area contributed by atoms with Gasteiger partial charge in [0, 0.05) is 12.7 Å². The van der Waals surface area contributed by atoms with Crippen molar-refractivity contribution in [2.45, 2.75) is 0 Å². The minimum absolute atomic E-state index is 0.0140. The van der Waals surface area contributed by atoms with Crippen LogP contribution in [0, 0.1) is 5.82 Å². The Morgan fingerprint density at radius 3 is 2.72 bits per heavy atom. The van der Waals surface area contributed by atoms with Gasteiger partial charge in [0.15, 0.2) is 0 Å². The summed E-state index contributed by atoms with van der Waals surface area (Å²) in [6.07, 6.45) is 0. The Morgan fingerprint density at radius 2 is 2.06 bits per heavy atom. The van der Waals surface area contributed by atoms with E-state index in [1.54, 1.807) is 24.1 Å². The number of nitrogens with zero attached hydrogens (tertiary/aromatic N) is 4. The Balaban J connectivity index is 2.39. The van der Waals surface area contributed by atoms with Crippen LogP contribution >= 0.6 is 11.6 Å². The highest BCUT2D eigenvalue weighted by atomic mass is 35.5. The van der Waals surface area contributed by atoms with E-state index in [1.165, 1.54) is 19.2 Å². The summed E-state index contributed by atoms with van der Waals surface area (Å²) >= 11 is 5.75. The van der Waals surface area contributed by atoms with E-state index in [9.17, 15) is 4.39 Å². The molecule has 0 spiro atoms. The van der Waals surface area contributed by atoms with Crippen molar-refractivity contribution >= 4 is 23.2 Å². The Labute approximate surface area is 108 Å². The van der Waals surface area contributed by atoms with Gasteiger partial charge in [0.1, 0.15) is 5.82 Å². The second-order valence-corrected chi connectivity index (χ2v) is 3.77. The summed E-state index contributed by atoms with van der Waals surface area (Å²) in [4.78, 5) is 13.3. The van der Waals surface area contributed by atoms with Gasteiger partial charge in [-0.3, -0.25) is 0 Å². The number of benzene rings is 1. The lowest BCUT2D eigenvalue weighted by Gasteiger charge is -2.17. The number of anilines is 2. The van der Waals surface area contributed by atoms with E-state index in [2.05, 4.69) is 15.0 Å². The smallest absolute Gasteiger partial charge is 0.322 e. The maximum Gasteiger partial charge on any atom is 0.322 e. The third-order valence-electron chi connectivity index (χ3n) is 2.25. The van der Waals surface area contributed by atoms with Gasteiger partial charge in [-0.2, -0.15) is 15.0 Å². The summed E-state index contributed by atoms with van der Waals surface area (Å²) in [7, 11) is 3.12. The van der Waals surface area contributed by atoms with Crippen LogP contribution in [0.5, 0.6) is 6.01 Å². The molecule has 0 radical (unpaired) electrons. The number of hydrogen-bond acceptors (Lipinski definition) is 5. The van der Waals surface area contributed by atoms with E-state index >= 15 is 0 Å². The van der Waals surface area contributed by atoms with Crippen molar-refractivity contribution in [2.24, 2.45) is 0 Å². The third-order valence-corrected chi connectivity index (χ3v) is 2.42. The summed E-state index contributed by atoms with van der Waals surface area (Å²) in [6.45, 7) is 0. The number of aromatic nitrogens is 3. The molecular formula is C11H10ClFN4O. The second kappa shape index (κ2) is 5.14. The molecule has 0 atom stereocenters. The molecule has 18 heavy (non-hydrogen) atoms. The van der Waals surface area contributed by atoms with Crippen LogP contribution in [-0.4, -0.2) is 29.1 Å². The van der Waals surface area contributed by atoms with Gasteiger partial charge in [-0.25, -0.2) is 4.39 Å². The zero-order chi connectivity index (χ0) is 13.1. The molecule has 94 valence electrons. The third kappa shape index (κ3) is 2.65. The highest BCUT2D eigenvalue weighted by molar-refractivity contribution is 6.28. The summed E-state index contributed by atoms with van der Waals surface area (Å²) < 4.78 is 18.0. The highest BCUT2D eigenvalue weighted by Crippen LogP contribution is 2.22. The highest BCUT2D eigenvalue weighted by Gasteiger charge is 2.11. The molecule has 1 aromatic carbocycles. The molecule has 2 rings (SSSR count). The minimum atomic E-state index is -0.341. The molecule has 2 aromatic rings. The minimum Gasteiger partial charge on any atom is -0.467 e. The van der Waals surface area contributed by atoms with E-state index in [0.29, 0.717) is 5.69 Å². The van der Waals surface area contributed by atoms with Gasteiger partial charge in [0.05, 0.1) is 7.11 Å². The van der Waals surface area contributed by atoms with Crippen molar-refractivity contribution in [1.29, 1.82) is 0 Å². The van der Waals surface area contributed by atoms with Crippen molar-refractivity contribution < 1.29 is 9.13 Å². The van der Waals surface area contributed by atoms with Crippen molar-refractivity contribution in [3.63, 3.8) is 0 Å². The molecule has 0 saturated heterocycles. The van der Waals surface area contributed by atoms with E-state index in [1.807, 2.05) is 0 Å². The first-order chi connectivity index (χ1) is 8.60. The Bertz CT molecular complexity index is 566. The number of methoxy groups -OCH3 is 1. The van der Waals surface area contributed by atoms with Crippen LogP contribution in [-0.2, 0) is 0 Å². The predicted molar refractivity (Wildman–Crippen MR) is 65.9 cm³/mol. The second-order valence-electron chi connectivity index (χ2n) is 3.43. The normalized spacial score (nSPS) is 10.2. The van der Waals surface area contributed by atoms with Gasteiger partial charge in [-0.15, -0.1) is 0 Å². The van der Waals surface area contributed by atoms with Gasteiger partial charge in [0.2, 0.25) is 11.2 Å². The van der Waals surface area contributed by atoms with Crippen LogP contribution in [0.4, 0.5) is 16.0 Å². The van der Waals surface area contributed by atoms with Crippen LogP contribution in [0.3, 0.4) is 0 Å². The summed E-state index contributed by atoms with van der Waals surface area (Å²) in [5.41, 5.74) is 0.597. The van der Waals surface area contributed by atoms with Crippen LogP contribution in [0.15, 0.2) is 24.3 Å². The first-order valence-electron chi connectivity index (χ1n) is 5.05. The molecule has 5 nitrogen and oxygen atoms in total. The van der Waals surface area contributed by atoms with Crippen molar-refractivity contribution in [2.75, 3.05) is 19.1 Å². The summed E-state index contributed by atoms with van der Waals surface area (Å²) in [5.74, 6) is -0.0658. The zero-order valence-electron chi connectivity index (χ0n) is 9.76. The lowest BCUT2D eigenvalue weighted by atomic mass is 10.3. The van der Waals surface area contributed by atoms with Gasteiger partial charge in [-0.05, 0) is 29.8 Å². The fourth-order valence-corrected chi connectivity index (χ4v) is 1.51. The Kier molecular flexibility index (Phi) is 3.57. The lowest BCUT2D eigenvalue weighted by Crippen LogP contribution is -2.14. The molecule has 0 aliphatic carbocycles. The molecule has 7 heteroatoms. The van der Waals surface area contributed by atoms with E-state index in [0.717, 1.165) is 0 Å². The lowest BCUT2D eigenvalue weighted by molar-refractivity contribution is 0.378. The Morgan fingerprint density at radius 1 is 1.28 bits per heavy atom. The molecule has 1 heterocycles. The SMILES string of the molecule is COc1nc(Cl)nc(N(C)c2cccc(F)c2)n1. The average Bonchev–Trinajstić information content (AvgIpc) is 2.37. The topological polar surface area (TPSA) is 51.1 Å². The van der Waals surface area contributed by atoms with Crippen LogP contribution in [0.1, 0.15) is 0 Å². The molecule has 0 saturated carbocycles. The number of hydrogen-bond donors (Lipinski definition) is 0. The maximum absolute atomic E-state index is 13.1. The van der Waals surface area contributed by atoms with E-state index in [-0.39, 0.29) is 23.1 Å². The first kappa shape index (κ1) is 12.5. The average molecular weight is 269 g/mol. The van der Waals surface area contributed by atoms with Crippen molar-refractivity contribution in [1.82, 2.24) is 15.0 Å². The molecule has 1 aromatic heterocycles. The van der Waals surface area contributed by atoms with Gasteiger partial charge < -0.3 is 9.64 Å². The van der Waals surface area contributed by atoms with E-state index in [4.69, 9.17) is 16.3 Å². The number of halogens is 2. The van der Waals surface area contributed by atoms with Gasteiger partial charge >= 0.3 is 6.01 Å². The van der Waals surface area contributed by atoms with Crippen LogP contribution in [0.2, 0.25) is 5.28 Å². The van der Waals surface area contributed by atoms with Crippen LogP contribution in [0.25, 0.3) is 0 Å². The molecule has 0 amide bonds. The fraction of sp³-hybridized carbons (Fsp3) is 0.182. The fourth-order valence-electron chi connectivity index (χ4n) is 1.36. The zero-order valence-corrected chi connectivity index (χ0v) is 10.5. The molecule has 0 bridgehead atoms.